The van der Waals surface area contributed by atoms with Gasteiger partial charge in [-0.3, -0.25) is 0 Å². The summed E-state index contributed by atoms with van der Waals surface area (Å²) in [6.07, 6.45) is -0.861. The molecule has 0 fully saturated rings. The summed E-state index contributed by atoms with van der Waals surface area (Å²) < 4.78 is 0. The molecule has 0 heterocycles. The number of aliphatic carboxylic acids is 1. The minimum atomic E-state index is -1.19. The SMILES string of the molecule is CC(C)C[C@H](O)C(=O)O.[Na]. The third-order valence-electron chi connectivity index (χ3n) is 0.980. The molecule has 0 bridgehead atoms. The average molecular weight is 155 g/mol. The zero-order chi connectivity index (χ0) is 7.44. The Kier molecular flexibility index (Phi) is 8.04. The van der Waals surface area contributed by atoms with Gasteiger partial charge in [-0.15, -0.1) is 0 Å². The van der Waals surface area contributed by atoms with Crippen LogP contribution in [0, 0.1) is 5.92 Å². The molecule has 0 saturated heterocycles. The molecule has 0 saturated carbocycles. The van der Waals surface area contributed by atoms with Gasteiger partial charge in [0.2, 0.25) is 0 Å². The predicted octanol–water partition coefficient (Wildman–Crippen LogP) is 0.0972. The maximum absolute atomic E-state index is 9.98. The summed E-state index contributed by atoms with van der Waals surface area (Å²) in [4.78, 5) is 9.98. The molecule has 0 amide bonds. The number of hydrogen-bond donors (Lipinski definition) is 2. The minimum absolute atomic E-state index is 0. The van der Waals surface area contributed by atoms with Crippen LogP contribution in [0.2, 0.25) is 0 Å². The normalized spacial score (nSPS) is 12.4. The molecule has 4 heteroatoms. The molecule has 0 aromatic heterocycles. The Balaban J connectivity index is 0. The zero-order valence-electron chi connectivity index (χ0n) is 6.66. The zero-order valence-corrected chi connectivity index (χ0v) is 8.66. The van der Waals surface area contributed by atoms with Crippen molar-refractivity contribution >= 4 is 35.5 Å². The summed E-state index contributed by atoms with van der Waals surface area (Å²) in [5, 5.41) is 16.9. The molecule has 2 N–H and O–H groups in total. The Bertz CT molecular complexity index is 103. The van der Waals surface area contributed by atoms with Crippen LogP contribution in [0.1, 0.15) is 20.3 Å². The van der Waals surface area contributed by atoms with Crippen LogP contribution >= 0.6 is 0 Å². The molecule has 0 aromatic carbocycles. The molecular formula is C6H12NaO3. The fourth-order valence-corrected chi connectivity index (χ4v) is 0.547. The Morgan fingerprint density at radius 3 is 2.00 bits per heavy atom. The second kappa shape index (κ2) is 6.16. The van der Waals surface area contributed by atoms with Crippen molar-refractivity contribution < 1.29 is 15.0 Å². The monoisotopic (exact) mass is 155 g/mol. The molecule has 0 spiro atoms. The smallest absolute Gasteiger partial charge is 0.332 e. The van der Waals surface area contributed by atoms with Crippen molar-refractivity contribution in [3.63, 3.8) is 0 Å². The van der Waals surface area contributed by atoms with Crippen molar-refractivity contribution in [1.29, 1.82) is 0 Å². The maximum atomic E-state index is 9.98. The van der Waals surface area contributed by atoms with Gasteiger partial charge < -0.3 is 10.2 Å². The van der Waals surface area contributed by atoms with Crippen molar-refractivity contribution in [2.45, 2.75) is 26.4 Å². The largest absolute Gasteiger partial charge is 0.479 e. The van der Waals surface area contributed by atoms with Crippen LogP contribution < -0.4 is 0 Å². The van der Waals surface area contributed by atoms with Gasteiger partial charge in [0.25, 0.3) is 0 Å². The van der Waals surface area contributed by atoms with Gasteiger partial charge in [-0.25, -0.2) is 4.79 Å². The standard InChI is InChI=1S/C6H12O3.Na/c1-4(2)3-5(7)6(8)9;/h4-5,7H,3H2,1-2H3,(H,8,9);/t5-;/m0./s1. The number of hydrogen-bond acceptors (Lipinski definition) is 2. The van der Waals surface area contributed by atoms with Crippen LogP contribution in [0.3, 0.4) is 0 Å². The van der Waals surface area contributed by atoms with E-state index in [2.05, 4.69) is 0 Å². The van der Waals surface area contributed by atoms with Crippen molar-refractivity contribution in [3.05, 3.63) is 0 Å². The minimum Gasteiger partial charge on any atom is -0.479 e. The number of carboxylic acid groups (broad SMARTS) is 1. The molecule has 0 unspecified atom stereocenters. The van der Waals surface area contributed by atoms with E-state index in [9.17, 15) is 4.79 Å². The van der Waals surface area contributed by atoms with E-state index >= 15 is 0 Å². The van der Waals surface area contributed by atoms with Gasteiger partial charge in [0, 0.05) is 29.6 Å². The molecule has 55 valence electrons. The molecule has 0 rings (SSSR count). The third-order valence-corrected chi connectivity index (χ3v) is 0.980. The summed E-state index contributed by atoms with van der Waals surface area (Å²) in [7, 11) is 0. The van der Waals surface area contributed by atoms with Crippen LogP contribution in [0.15, 0.2) is 0 Å². The molecule has 10 heavy (non-hydrogen) atoms. The predicted molar refractivity (Wildman–Crippen MR) is 38.9 cm³/mol. The molecule has 0 aliphatic heterocycles. The molecule has 1 radical (unpaired) electrons. The van der Waals surface area contributed by atoms with E-state index in [1.807, 2.05) is 13.8 Å². The van der Waals surface area contributed by atoms with Gasteiger partial charge in [0.05, 0.1) is 0 Å². The number of aliphatic hydroxyl groups excluding tert-OH is 1. The Morgan fingerprint density at radius 2 is 1.90 bits per heavy atom. The first-order chi connectivity index (χ1) is 4.04. The average Bonchev–Trinajstić information content (AvgIpc) is 1.63. The van der Waals surface area contributed by atoms with Crippen molar-refractivity contribution in [2.75, 3.05) is 0 Å². The van der Waals surface area contributed by atoms with E-state index in [0.717, 1.165) is 0 Å². The van der Waals surface area contributed by atoms with Crippen molar-refractivity contribution in [2.24, 2.45) is 5.92 Å². The van der Waals surface area contributed by atoms with Crippen molar-refractivity contribution in [3.8, 4) is 0 Å². The summed E-state index contributed by atoms with van der Waals surface area (Å²) >= 11 is 0. The fourth-order valence-electron chi connectivity index (χ4n) is 0.547. The van der Waals surface area contributed by atoms with Crippen LogP contribution in [0.5, 0.6) is 0 Å². The Hall–Kier alpha value is 0.430. The topological polar surface area (TPSA) is 57.5 Å². The first-order valence-corrected chi connectivity index (χ1v) is 2.95. The van der Waals surface area contributed by atoms with Crippen LogP contribution in [-0.2, 0) is 4.79 Å². The second-order valence-corrected chi connectivity index (χ2v) is 2.48. The van der Waals surface area contributed by atoms with E-state index in [1.165, 1.54) is 0 Å². The van der Waals surface area contributed by atoms with Crippen LogP contribution in [0.25, 0.3) is 0 Å². The third kappa shape index (κ3) is 6.55. The van der Waals surface area contributed by atoms with E-state index in [0.29, 0.717) is 6.42 Å². The summed E-state index contributed by atoms with van der Waals surface area (Å²) in [5.74, 6) is -0.903. The Morgan fingerprint density at radius 1 is 1.50 bits per heavy atom. The number of carbonyl (C=O) groups is 1. The van der Waals surface area contributed by atoms with Gasteiger partial charge in [0.1, 0.15) is 0 Å². The molecule has 1 atom stereocenters. The van der Waals surface area contributed by atoms with Gasteiger partial charge >= 0.3 is 5.97 Å². The van der Waals surface area contributed by atoms with E-state index < -0.39 is 12.1 Å². The van der Waals surface area contributed by atoms with E-state index in [-0.39, 0.29) is 35.5 Å². The number of carboxylic acids is 1. The van der Waals surface area contributed by atoms with Gasteiger partial charge in [-0.2, -0.15) is 0 Å². The van der Waals surface area contributed by atoms with Gasteiger partial charge in [-0.1, -0.05) is 13.8 Å². The molecule has 0 aromatic rings. The second-order valence-electron chi connectivity index (χ2n) is 2.48. The van der Waals surface area contributed by atoms with Crippen molar-refractivity contribution in [1.82, 2.24) is 0 Å². The first-order valence-electron chi connectivity index (χ1n) is 2.95. The first kappa shape index (κ1) is 13.1. The molecule has 3 nitrogen and oxygen atoms in total. The molecule has 0 aliphatic rings. The summed E-state index contributed by atoms with van der Waals surface area (Å²) in [6.45, 7) is 3.73. The molecular weight excluding hydrogens is 143 g/mol. The maximum Gasteiger partial charge on any atom is 0.332 e. The van der Waals surface area contributed by atoms with Crippen LogP contribution in [-0.4, -0.2) is 51.8 Å². The number of rotatable bonds is 3. The Labute approximate surface area is 82.7 Å². The van der Waals surface area contributed by atoms with Gasteiger partial charge in [-0.05, 0) is 12.3 Å². The van der Waals surface area contributed by atoms with E-state index in [4.69, 9.17) is 10.2 Å². The summed E-state index contributed by atoms with van der Waals surface area (Å²) in [5.41, 5.74) is 0. The van der Waals surface area contributed by atoms with Crippen LogP contribution in [0.4, 0.5) is 0 Å². The number of aliphatic hydroxyl groups is 1. The molecule has 0 aliphatic carbocycles. The van der Waals surface area contributed by atoms with E-state index in [1.54, 1.807) is 0 Å². The fraction of sp³-hybridized carbons (Fsp3) is 0.833. The quantitative estimate of drug-likeness (QED) is 0.568. The van der Waals surface area contributed by atoms with Gasteiger partial charge in [0.15, 0.2) is 6.10 Å². The summed E-state index contributed by atoms with van der Waals surface area (Å²) in [6, 6.07) is 0.